The van der Waals surface area contributed by atoms with Gasteiger partial charge in [0.15, 0.2) is 23.0 Å². The average Bonchev–Trinajstić information content (AvgIpc) is 3.87. The van der Waals surface area contributed by atoms with E-state index in [1.165, 1.54) is 26.4 Å². The number of cyclic esters (lactones) is 1. The van der Waals surface area contributed by atoms with Crippen molar-refractivity contribution in [3.05, 3.63) is 82.4 Å². The van der Waals surface area contributed by atoms with E-state index in [0.29, 0.717) is 63.2 Å². The summed E-state index contributed by atoms with van der Waals surface area (Å²) in [5.41, 5.74) is 1.20. The Morgan fingerprint density at radius 1 is 0.912 bits per heavy atom. The molecule has 3 aromatic rings. The highest BCUT2D eigenvalue weighted by Gasteiger charge is 2.54. The lowest BCUT2D eigenvalue weighted by atomic mass is 9.65. The van der Waals surface area contributed by atoms with Gasteiger partial charge in [-0.15, -0.1) is 0 Å². The summed E-state index contributed by atoms with van der Waals surface area (Å²) >= 11 is 0. The van der Waals surface area contributed by atoms with Crippen molar-refractivity contribution >= 4 is 17.8 Å². The first-order chi connectivity index (χ1) is 27.2. The fourth-order valence-corrected chi connectivity index (χ4v) is 9.01. The zero-order chi connectivity index (χ0) is 41.0. The Kier molecular flexibility index (Phi) is 10.5. The zero-order valence-corrected chi connectivity index (χ0v) is 33.8. The maximum atomic E-state index is 15.2. The molecule has 3 heterocycles. The van der Waals surface area contributed by atoms with Gasteiger partial charge in [0, 0.05) is 24.0 Å². The third kappa shape index (κ3) is 6.67. The number of methoxy groups -OCH3 is 4. The summed E-state index contributed by atoms with van der Waals surface area (Å²) in [6, 6.07) is 12.5. The summed E-state index contributed by atoms with van der Waals surface area (Å²) in [5, 5.41) is 15.6. The summed E-state index contributed by atoms with van der Waals surface area (Å²) < 4.78 is 40.0. The van der Waals surface area contributed by atoms with Crippen molar-refractivity contribution in [2.24, 2.45) is 11.8 Å². The van der Waals surface area contributed by atoms with Crippen LogP contribution in [0, 0.1) is 11.8 Å². The molecular formula is C43H51N3O11. The first kappa shape index (κ1) is 39.8. The zero-order valence-electron chi connectivity index (χ0n) is 33.8. The van der Waals surface area contributed by atoms with Crippen LogP contribution in [0.3, 0.4) is 0 Å². The molecule has 3 aromatic carbocycles. The first-order valence-corrected chi connectivity index (χ1v) is 19.1. The summed E-state index contributed by atoms with van der Waals surface area (Å²) in [7, 11) is 6.14. The average molecular weight is 786 g/mol. The first-order valence-electron chi connectivity index (χ1n) is 19.1. The molecular weight excluding hydrogens is 734 g/mol. The van der Waals surface area contributed by atoms with Crippen molar-refractivity contribution in [2.45, 2.75) is 70.1 Å². The molecule has 2 N–H and O–H groups in total. The van der Waals surface area contributed by atoms with Crippen LogP contribution in [0.4, 0.5) is 0 Å². The molecule has 2 amide bonds. The molecule has 14 heteroatoms. The lowest BCUT2D eigenvalue weighted by Gasteiger charge is -2.41. The van der Waals surface area contributed by atoms with Crippen molar-refractivity contribution in [1.29, 1.82) is 0 Å². The van der Waals surface area contributed by atoms with Gasteiger partial charge in [-0.2, -0.15) is 5.06 Å². The number of rotatable bonds is 12. The third-order valence-electron chi connectivity index (χ3n) is 11.7. The van der Waals surface area contributed by atoms with Crippen LogP contribution in [0.2, 0.25) is 0 Å². The maximum Gasteiger partial charge on any atom is 0.310 e. The molecule has 1 unspecified atom stereocenters. The maximum absolute atomic E-state index is 15.2. The molecule has 0 radical (unpaired) electrons. The van der Waals surface area contributed by atoms with Crippen LogP contribution in [-0.4, -0.2) is 92.4 Å². The van der Waals surface area contributed by atoms with E-state index >= 15 is 4.79 Å². The van der Waals surface area contributed by atoms with E-state index < -0.39 is 52.8 Å². The lowest BCUT2D eigenvalue weighted by molar-refractivity contribution is -0.186. The van der Waals surface area contributed by atoms with Gasteiger partial charge in [-0.25, -0.2) is 0 Å². The number of carbonyl (C=O) groups excluding carboxylic acids is 3. The highest BCUT2D eigenvalue weighted by Crippen LogP contribution is 2.56. The van der Waals surface area contributed by atoms with Crippen molar-refractivity contribution < 1.29 is 52.7 Å². The summed E-state index contributed by atoms with van der Waals surface area (Å²) in [4.78, 5) is 45.5. The van der Waals surface area contributed by atoms with Gasteiger partial charge in [-0.3, -0.25) is 14.4 Å². The molecule has 1 aliphatic carbocycles. The van der Waals surface area contributed by atoms with Crippen LogP contribution in [-0.2, 0) is 19.1 Å². The predicted molar refractivity (Wildman–Crippen MR) is 207 cm³/mol. The van der Waals surface area contributed by atoms with E-state index in [-0.39, 0.29) is 25.9 Å². The predicted octanol–water partition coefficient (Wildman–Crippen LogP) is 5.71. The van der Waals surface area contributed by atoms with Gasteiger partial charge in [0.05, 0.1) is 58.1 Å². The molecule has 0 aromatic heterocycles. The number of esters is 1. The third-order valence-corrected chi connectivity index (χ3v) is 11.7. The molecule has 0 bridgehead atoms. The summed E-state index contributed by atoms with van der Waals surface area (Å²) in [6.45, 7) is 9.44. The Hall–Kier alpha value is -5.47. The number of fused-ring (bicyclic) bond motifs is 3. The van der Waals surface area contributed by atoms with Crippen molar-refractivity contribution in [3.63, 3.8) is 0 Å². The van der Waals surface area contributed by atoms with E-state index in [4.69, 9.17) is 33.2 Å². The minimum absolute atomic E-state index is 0.0148. The summed E-state index contributed by atoms with van der Waals surface area (Å²) in [5.74, 6) is -0.237. The Bertz CT molecular complexity index is 2070. The van der Waals surface area contributed by atoms with Gasteiger partial charge in [0.25, 0.3) is 5.91 Å². The van der Waals surface area contributed by atoms with Crippen LogP contribution in [0.25, 0.3) is 0 Å². The molecule has 0 spiro atoms. The topological polar surface area (TPSA) is 155 Å². The van der Waals surface area contributed by atoms with Gasteiger partial charge in [0.1, 0.15) is 11.8 Å². The number of amides is 2. The smallest absolute Gasteiger partial charge is 0.310 e. The number of benzene rings is 3. The number of carbonyl (C=O) groups is 3. The van der Waals surface area contributed by atoms with E-state index in [1.54, 1.807) is 56.2 Å². The molecule has 57 heavy (non-hydrogen) atoms. The molecule has 0 saturated carbocycles. The number of hydroxylamine groups is 2. The van der Waals surface area contributed by atoms with Crippen LogP contribution in [0.1, 0.15) is 81.3 Å². The molecule has 5 atom stereocenters. The number of hydrogen-bond acceptors (Lipinski definition) is 12. The SMILES string of the molecule is CCCN(C(=O)C1=CC(C)(C)N(O)C1(C)C)C(C(=O)N[C@@H]1c2cc3c(cc2[C@@H](c2cc(OC)c(OC)c(OC)c2)[C@H]2C(=O)OC[C@@H]21)OCO3)c1ccc(OC)cc1. The van der Waals surface area contributed by atoms with E-state index in [0.717, 1.165) is 5.56 Å². The highest BCUT2D eigenvalue weighted by molar-refractivity contribution is 6.00. The van der Waals surface area contributed by atoms with Crippen LogP contribution in [0.15, 0.2) is 60.2 Å². The molecule has 14 nitrogen and oxygen atoms in total. The second-order valence-corrected chi connectivity index (χ2v) is 15.8. The van der Waals surface area contributed by atoms with Crippen molar-refractivity contribution in [3.8, 4) is 34.5 Å². The van der Waals surface area contributed by atoms with Crippen molar-refractivity contribution in [2.75, 3.05) is 48.4 Å². The monoisotopic (exact) mass is 785 g/mol. The largest absolute Gasteiger partial charge is 0.497 e. The van der Waals surface area contributed by atoms with Crippen LogP contribution >= 0.6 is 0 Å². The second kappa shape index (κ2) is 15.1. The minimum atomic E-state index is -1.11. The Balaban J connectivity index is 1.36. The van der Waals surface area contributed by atoms with Gasteiger partial charge in [0.2, 0.25) is 18.4 Å². The highest BCUT2D eigenvalue weighted by atomic mass is 16.7. The summed E-state index contributed by atoms with van der Waals surface area (Å²) in [6.07, 6.45) is 2.31. The Morgan fingerprint density at radius 3 is 2.09 bits per heavy atom. The second-order valence-electron chi connectivity index (χ2n) is 15.8. The van der Waals surface area contributed by atoms with Gasteiger partial charge in [-0.1, -0.05) is 25.1 Å². The number of hydrogen-bond donors (Lipinski definition) is 2. The molecule has 4 aliphatic rings. The molecule has 304 valence electrons. The molecule has 3 aliphatic heterocycles. The van der Waals surface area contributed by atoms with Crippen LogP contribution < -0.4 is 33.7 Å². The normalized spacial score (nSPS) is 23.1. The minimum Gasteiger partial charge on any atom is -0.497 e. The van der Waals surface area contributed by atoms with Gasteiger partial charge >= 0.3 is 5.97 Å². The molecule has 1 fully saturated rings. The number of nitrogens with one attached hydrogen (secondary N) is 1. The van der Waals surface area contributed by atoms with Crippen molar-refractivity contribution in [1.82, 2.24) is 15.3 Å². The fourth-order valence-electron chi connectivity index (χ4n) is 9.01. The Labute approximate surface area is 332 Å². The number of nitrogens with zero attached hydrogens (tertiary/aromatic N) is 2. The Morgan fingerprint density at radius 2 is 1.54 bits per heavy atom. The molecule has 1 saturated heterocycles. The van der Waals surface area contributed by atoms with E-state index in [9.17, 15) is 14.8 Å². The number of ether oxygens (including phenoxy) is 7. The van der Waals surface area contributed by atoms with Gasteiger partial charge < -0.3 is 48.6 Å². The van der Waals surface area contributed by atoms with E-state index in [2.05, 4.69) is 5.32 Å². The fraction of sp³-hybridized carbons (Fsp3) is 0.465. The quantitative estimate of drug-likeness (QED) is 0.216. The van der Waals surface area contributed by atoms with Crippen LogP contribution in [0.5, 0.6) is 34.5 Å². The standard InChI is InChI=1S/C43H51N3O11/c1-10-15-45(40(48)29-20-42(2,3)46(50)43(29,4)5)37(23-11-13-25(51-6)14-12-23)39(47)44-36-27-19-31-30(56-22-57-31)18-26(27)34(35-28(36)21-55-41(35)49)24-16-32(52-7)38(54-9)33(17-24)53-8/h11-14,16-20,28,34-37,50H,10,15,21-22H2,1-9H3,(H,44,47)/t28-,34+,35-,36+,37?/m0/s1. The molecule has 7 rings (SSSR count). The van der Waals surface area contributed by atoms with E-state index in [1.807, 2.05) is 45.0 Å². The lowest BCUT2D eigenvalue weighted by Crippen LogP contribution is -2.52. The van der Waals surface area contributed by atoms with Gasteiger partial charge in [-0.05, 0) is 92.8 Å².